The predicted molar refractivity (Wildman–Crippen MR) is 67.2 cm³/mol. The minimum atomic E-state index is -0.166. The Kier molecular flexibility index (Phi) is 2.74. The lowest BCUT2D eigenvalue weighted by molar-refractivity contribution is -0.0629. The number of piperidine rings is 1. The summed E-state index contributed by atoms with van der Waals surface area (Å²) < 4.78 is 12.4. The molecule has 0 bridgehead atoms. The van der Waals surface area contributed by atoms with Gasteiger partial charge in [0.15, 0.2) is 5.69 Å². The smallest absolute Gasteiger partial charge is 0.278 e. The number of amides is 1. The zero-order chi connectivity index (χ0) is 14.4. The molecule has 2 aromatic rings. The minimum absolute atomic E-state index is 0.0722. The first-order valence-corrected chi connectivity index (χ1v) is 6.83. The first-order chi connectivity index (χ1) is 10.2. The van der Waals surface area contributed by atoms with Crippen LogP contribution in [0.25, 0.3) is 0 Å². The normalized spacial score (nSPS) is 24.5. The molecule has 2 aliphatic heterocycles. The average Bonchev–Trinajstić information content (AvgIpc) is 3.14. The molecule has 2 aromatic heterocycles. The highest BCUT2D eigenvalue weighted by Crippen LogP contribution is 2.30. The number of aryl methyl sites for hydroxylation is 1. The predicted octanol–water partition coefficient (Wildman–Crippen LogP) is -0.0445. The molecular formula is C12H14N6O3. The van der Waals surface area contributed by atoms with Gasteiger partial charge in [0.1, 0.15) is 5.69 Å². The molecule has 0 aliphatic carbocycles. The first-order valence-electron chi connectivity index (χ1n) is 6.83. The van der Waals surface area contributed by atoms with E-state index in [4.69, 9.17) is 4.74 Å². The maximum Gasteiger partial charge on any atom is 0.278 e. The van der Waals surface area contributed by atoms with Crippen molar-refractivity contribution in [1.82, 2.24) is 30.2 Å². The number of hydrogen-bond acceptors (Lipinski definition) is 7. The lowest BCUT2D eigenvalue weighted by Crippen LogP contribution is -2.50. The topological polar surface area (TPSA) is 99.2 Å². The van der Waals surface area contributed by atoms with Crippen LogP contribution in [-0.4, -0.2) is 55.3 Å². The molecule has 0 saturated carbocycles. The van der Waals surface area contributed by atoms with E-state index in [9.17, 15) is 4.79 Å². The summed E-state index contributed by atoms with van der Waals surface area (Å²) in [7, 11) is 0. The van der Waals surface area contributed by atoms with Crippen LogP contribution in [0.1, 0.15) is 34.3 Å². The number of carbonyl (C=O) groups excluding carboxylic acids is 1. The van der Waals surface area contributed by atoms with Gasteiger partial charge in [-0.05, 0) is 18.5 Å². The third-order valence-electron chi connectivity index (χ3n) is 4.08. The molecule has 4 heterocycles. The fourth-order valence-corrected chi connectivity index (χ4v) is 2.95. The lowest BCUT2D eigenvalue weighted by Gasteiger charge is -2.40. The monoisotopic (exact) mass is 290 g/mol. The Labute approximate surface area is 119 Å². The third kappa shape index (κ3) is 1.92. The summed E-state index contributed by atoms with van der Waals surface area (Å²) in [5.74, 6) is -0.166. The van der Waals surface area contributed by atoms with Crippen LogP contribution in [0.5, 0.6) is 0 Å². The van der Waals surface area contributed by atoms with E-state index in [0.29, 0.717) is 25.4 Å². The van der Waals surface area contributed by atoms with Gasteiger partial charge in [0, 0.05) is 13.1 Å². The van der Waals surface area contributed by atoms with E-state index in [0.717, 1.165) is 12.1 Å². The van der Waals surface area contributed by atoms with Crippen molar-refractivity contribution >= 4 is 5.91 Å². The third-order valence-corrected chi connectivity index (χ3v) is 4.08. The number of ether oxygens (including phenoxy) is 1. The van der Waals surface area contributed by atoms with Gasteiger partial charge >= 0.3 is 0 Å². The van der Waals surface area contributed by atoms with Crippen molar-refractivity contribution in [1.29, 1.82) is 0 Å². The largest absolute Gasteiger partial charge is 0.368 e. The van der Waals surface area contributed by atoms with Crippen LogP contribution in [0.15, 0.2) is 10.8 Å². The van der Waals surface area contributed by atoms with E-state index in [-0.39, 0.29) is 23.7 Å². The van der Waals surface area contributed by atoms with E-state index in [1.54, 1.807) is 18.0 Å². The van der Waals surface area contributed by atoms with Crippen LogP contribution in [0, 0.1) is 6.92 Å². The summed E-state index contributed by atoms with van der Waals surface area (Å²) in [6.45, 7) is 3.31. The van der Waals surface area contributed by atoms with Crippen LogP contribution in [0.2, 0.25) is 0 Å². The Morgan fingerprint density at radius 2 is 2.33 bits per heavy atom. The molecule has 1 saturated heterocycles. The van der Waals surface area contributed by atoms with Crippen molar-refractivity contribution in [2.75, 3.05) is 13.1 Å². The fourth-order valence-electron chi connectivity index (χ4n) is 2.95. The van der Waals surface area contributed by atoms with Gasteiger partial charge in [0.05, 0.1) is 30.6 Å². The summed E-state index contributed by atoms with van der Waals surface area (Å²) in [5, 5.41) is 15.4. The van der Waals surface area contributed by atoms with E-state index in [1.165, 1.54) is 0 Å². The molecule has 1 amide bonds. The Morgan fingerprint density at radius 3 is 3.14 bits per heavy atom. The van der Waals surface area contributed by atoms with E-state index >= 15 is 0 Å². The molecule has 110 valence electrons. The number of nitrogens with zero attached hydrogens (tertiary/aromatic N) is 6. The number of rotatable bonds is 1. The maximum absolute atomic E-state index is 12.4. The van der Waals surface area contributed by atoms with Crippen molar-refractivity contribution in [3.8, 4) is 0 Å². The standard InChI is InChI=1S/C12H14N6O3/c1-7-11(15-21-14-7)12(19)17-3-2-9-10(5-17)20-6-8-4-13-16-18(8)9/h4,9-10H,2-3,5-6H2,1H3/t9-,10-/m0/s1. The zero-order valence-electron chi connectivity index (χ0n) is 11.5. The maximum atomic E-state index is 12.4. The summed E-state index contributed by atoms with van der Waals surface area (Å²) in [6, 6.07) is 0.136. The van der Waals surface area contributed by atoms with E-state index < -0.39 is 0 Å². The average molecular weight is 290 g/mol. The molecular weight excluding hydrogens is 276 g/mol. The Hall–Kier alpha value is -2.29. The molecule has 0 unspecified atom stereocenters. The number of fused-ring (bicyclic) bond motifs is 3. The summed E-state index contributed by atoms with van der Waals surface area (Å²) >= 11 is 0. The molecule has 21 heavy (non-hydrogen) atoms. The fraction of sp³-hybridized carbons (Fsp3) is 0.583. The first kappa shape index (κ1) is 12.5. The van der Waals surface area contributed by atoms with Crippen LogP contribution in [0.3, 0.4) is 0 Å². The van der Waals surface area contributed by atoms with Gasteiger partial charge in [-0.15, -0.1) is 5.10 Å². The molecule has 0 radical (unpaired) electrons. The number of aromatic nitrogens is 5. The van der Waals surface area contributed by atoms with Gasteiger partial charge in [-0.2, -0.15) is 0 Å². The van der Waals surface area contributed by atoms with Crippen molar-refractivity contribution in [2.45, 2.75) is 32.1 Å². The Bertz CT molecular complexity index is 680. The van der Waals surface area contributed by atoms with E-state index in [2.05, 4.69) is 25.3 Å². The van der Waals surface area contributed by atoms with Crippen LogP contribution >= 0.6 is 0 Å². The van der Waals surface area contributed by atoms with E-state index in [1.807, 2.05) is 4.68 Å². The van der Waals surface area contributed by atoms with Crippen LogP contribution < -0.4 is 0 Å². The van der Waals surface area contributed by atoms with Gasteiger partial charge in [-0.1, -0.05) is 10.4 Å². The number of likely N-dealkylation sites (tertiary alicyclic amines) is 1. The van der Waals surface area contributed by atoms with Gasteiger partial charge < -0.3 is 9.64 Å². The van der Waals surface area contributed by atoms with Gasteiger partial charge in [0.25, 0.3) is 5.91 Å². The Morgan fingerprint density at radius 1 is 1.43 bits per heavy atom. The molecule has 9 heteroatoms. The summed E-state index contributed by atoms with van der Waals surface area (Å²) in [5.41, 5.74) is 1.75. The highest BCUT2D eigenvalue weighted by atomic mass is 16.6. The molecule has 2 atom stereocenters. The van der Waals surface area contributed by atoms with Crippen molar-refractivity contribution < 1.29 is 14.2 Å². The summed E-state index contributed by atoms with van der Waals surface area (Å²) in [4.78, 5) is 14.2. The lowest BCUT2D eigenvalue weighted by atomic mass is 10.00. The molecule has 0 N–H and O–H groups in total. The quantitative estimate of drug-likeness (QED) is 0.726. The highest BCUT2D eigenvalue weighted by Gasteiger charge is 2.38. The van der Waals surface area contributed by atoms with Gasteiger partial charge in [-0.3, -0.25) is 4.79 Å². The van der Waals surface area contributed by atoms with Crippen molar-refractivity contribution in [3.63, 3.8) is 0 Å². The number of carbonyl (C=O) groups is 1. The SMILES string of the molecule is Cc1nonc1C(=O)N1CC[C@H]2[C@H](C1)OCc1cnnn12. The zero-order valence-corrected chi connectivity index (χ0v) is 11.5. The number of hydrogen-bond donors (Lipinski definition) is 0. The molecule has 0 spiro atoms. The molecule has 2 aliphatic rings. The second kappa shape index (κ2) is 4.62. The highest BCUT2D eigenvalue weighted by molar-refractivity contribution is 5.93. The Balaban J connectivity index is 1.54. The van der Waals surface area contributed by atoms with Crippen LogP contribution in [0.4, 0.5) is 0 Å². The minimum Gasteiger partial charge on any atom is -0.368 e. The van der Waals surface area contributed by atoms with Crippen LogP contribution in [-0.2, 0) is 11.3 Å². The van der Waals surface area contributed by atoms with Gasteiger partial charge in [0.2, 0.25) is 0 Å². The molecule has 1 fully saturated rings. The van der Waals surface area contributed by atoms with Crippen molar-refractivity contribution in [3.05, 3.63) is 23.3 Å². The van der Waals surface area contributed by atoms with Crippen molar-refractivity contribution in [2.24, 2.45) is 0 Å². The summed E-state index contributed by atoms with van der Waals surface area (Å²) in [6.07, 6.45) is 2.42. The molecule has 9 nitrogen and oxygen atoms in total. The molecule has 4 rings (SSSR count). The second-order valence-electron chi connectivity index (χ2n) is 5.32. The van der Waals surface area contributed by atoms with Gasteiger partial charge in [-0.25, -0.2) is 9.31 Å². The second-order valence-corrected chi connectivity index (χ2v) is 5.32. The molecule has 0 aromatic carbocycles.